The van der Waals surface area contributed by atoms with Gasteiger partial charge in [0.2, 0.25) is 0 Å². The number of rotatable bonds is 3. The van der Waals surface area contributed by atoms with Crippen LogP contribution in [-0.2, 0) is 0 Å². The van der Waals surface area contributed by atoms with Gasteiger partial charge < -0.3 is 0 Å². The fourth-order valence-corrected chi connectivity index (χ4v) is 1.87. The summed E-state index contributed by atoms with van der Waals surface area (Å²) >= 11 is 9.01. The van der Waals surface area contributed by atoms with Crippen molar-refractivity contribution in [2.45, 2.75) is 18.7 Å². The molecule has 0 amide bonds. The van der Waals surface area contributed by atoms with Gasteiger partial charge in [0.05, 0.1) is 16.0 Å². The number of hydrogen-bond acceptors (Lipinski definition) is 2. The molecule has 7 heteroatoms. The highest BCUT2D eigenvalue weighted by Crippen LogP contribution is 2.25. The molecule has 0 aliphatic heterocycles. The smallest absolute Gasteiger partial charge is 0.151 e. The summed E-state index contributed by atoms with van der Waals surface area (Å²) in [6.07, 6.45) is 2.22. The predicted molar refractivity (Wildman–Crippen MR) is 67.9 cm³/mol. The molecule has 0 spiro atoms. The van der Waals surface area contributed by atoms with Crippen molar-refractivity contribution in [2.24, 2.45) is 0 Å². The number of halogens is 4. The molecule has 2 aromatic rings. The maximum atomic E-state index is 13.6. The van der Waals surface area contributed by atoms with Crippen LogP contribution in [0.3, 0.4) is 0 Å². The van der Waals surface area contributed by atoms with E-state index in [0.717, 1.165) is 6.07 Å². The molecule has 1 atom stereocenters. The van der Waals surface area contributed by atoms with Crippen LogP contribution >= 0.6 is 27.5 Å². The Hall–Kier alpha value is -1.01. The minimum Gasteiger partial charge on any atom is -0.217 e. The summed E-state index contributed by atoms with van der Waals surface area (Å²) in [7, 11) is 0. The SMILES string of the molecule is CCC(Cl)c1cn(-c2cc(Br)c(F)cc2F)nn1. The van der Waals surface area contributed by atoms with Crippen LogP contribution in [0.15, 0.2) is 22.8 Å². The number of nitrogens with zero attached hydrogens (tertiary/aromatic N) is 3. The summed E-state index contributed by atoms with van der Waals surface area (Å²) in [6, 6.07) is 2.09. The lowest BCUT2D eigenvalue weighted by Gasteiger charge is -2.04. The molecule has 0 radical (unpaired) electrons. The standard InChI is InChI=1S/C11H9BrClF2N3/c1-2-7(13)10-5-18(17-16-10)11-3-6(12)8(14)4-9(11)15/h3-5,7H,2H2,1H3. The molecule has 0 fully saturated rings. The quantitative estimate of drug-likeness (QED) is 0.626. The van der Waals surface area contributed by atoms with Crippen LogP contribution in [0.5, 0.6) is 0 Å². The first kappa shape index (κ1) is 13.4. The molecule has 96 valence electrons. The molecule has 1 aromatic carbocycles. The second kappa shape index (κ2) is 5.32. The van der Waals surface area contributed by atoms with Gasteiger partial charge in [-0.05, 0) is 28.4 Å². The molecule has 3 nitrogen and oxygen atoms in total. The molecule has 18 heavy (non-hydrogen) atoms. The van der Waals surface area contributed by atoms with E-state index in [-0.39, 0.29) is 15.5 Å². The number of benzene rings is 1. The molecule has 1 aromatic heterocycles. The third-order valence-corrected chi connectivity index (χ3v) is 3.57. The first-order chi connectivity index (χ1) is 8.52. The average molecular weight is 337 g/mol. The summed E-state index contributed by atoms with van der Waals surface area (Å²) in [5.74, 6) is -1.38. The predicted octanol–water partition coefficient (Wildman–Crippen LogP) is 4.00. The molecule has 1 unspecified atom stereocenters. The van der Waals surface area contributed by atoms with Gasteiger partial charge in [-0.3, -0.25) is 0 Å². The van der Waals surface area contributed by atoms with Crippen LogP contribution in [0.4, 0.5) is 8.78 Å². The highest BCUT2D eigenvalue weighted by Gasteiger charge is 2.14. The van der Waals surface area contributed by atoms with Crippen LogP contribution in [0.25, 0.3) is 5.69 Å². The van der Waals surface area contributed by atoms with Gasteiger partial charge in [0.25, 0.3) is 0 Å². The van der Waals surface area contributed by atoms with Crippen molar-refractivity contribution < 1.29 is 8.78 Å². The lowest BCUT2D eigenvalue weighted by molar-refractivity contribution is 0.568. The van der Waals surface area contributed by atoms with Gasteiger partial charge in [0.15, 0.2) is 5.82 Å². The van der Waals surface area contributed by atoms with Crippen LogP contribution in [0.2, 0.25) is 0 Å². The van der Waals surface area contributed by atoms with E-state index in [1.807, 2.05) is 6.92 Å². The third kappa shape index (κ3) is 2.54. The Bertz CT molecular complexity index is 573. The molecule has 2 rings (SSSR count). The van der Waals surface area contributed by atoms with E-state index in [4.69, 9.17) is 11.6 Å². The zero-order chi connectivity index (χ0) is 13.3. The molecule has 0 saturated carbocycles. The van der Waals surface area contributed by atoms with E-state index >= 15 is 0 Å². The minimum atomic E-state index is -0.713. The lowest BCUT2D eigenvalue weighted by Crippen LogP contribution is -2.00. The summed E-state index contributed by atoms with van der Waals surface area (Å²) in [6.45, 7) is 1.91. The molecular weight excluding hydrogens is 327 g/mol. The largest absolute Gasteiger partial charge is 0.217 e. The first-order valence-corrected chi connectivity index (χ1v) is 6.47. The van der Waals surface area contributed by atoms with Crippen molar-refractivity contribution in [2.75, 3.05) is 0 Å². The van der Waals surface area contributed by atoms with Gasteiger partial charge in [-0.2, -0.15) is 0 Å². The Morgan fingerprint density at radius 1 is 1.39 bits per heavy atom. The van der Waals surface area contributed by atoms with Crippen LogP contribution in [0.1, 0.15) is 24.4 Å². The Labute approximate surface area is 116 Å². The molecule has 0 aliphatic carbocycles. The summed E-state index contributed by atoms with van der Waals surface area (Å²) in [5, 5.41) is 7.38. The van der Waals surface area contributed by atoms with E-state index in [1.54, 1.807) is 0 Å². The Morgan fingerprint density at radius 3 is 2.78 bits per heavy atom. The second-order valence-electron chi connectivity index (χ2n) is 3.68. The van der Waals surface area contributed by atoms with Crippen molar-refractivity contribution >= 4 is 27.5 Å². The van der Waals surface area contributed by atoms with Gasteiger partial charge in [-0.15, -0.1) is 16.7 Å². The van der Waals surface area contributed by atoms with Gasteiger partial charge >= 0.3 is 0 Å². The third-order valence-electron chi connectivity index (χ3n) is 2.43. The van der Waals surface area contributed by atoms with E-state index < -0.39 is 11.6 Å². The van der Waals surface area contributed by atoms with E-state index in [2.05, 4.69) is 26.2 Å². The van der Waals surface area contributed by atoms with E-state index in [0.29, 0.717) is 12.1 Å². The molecule has 0 N–H and O–H groups in total. The molecule has 0 aliphatic rings. The summed E-state index contributed by atoms with van der Waals surface area (Å²) < 4.78 is 28.1. The summed E-state index contributed by atoms with van der Waals surface area (Å²) in [5.41, 5.74) is 0.668. The fourth-order valence-electron chi connectivity index (χ4n) is 1.43. The maximum absolute atomic E-state index is 13.6. The first-order valence-electron chi connectivity index (χ1n) is 5.24. The van der Waals surface area contributed by atoms with Crippen molar-refractivity contribution in [3.05, 3.63) is 40.1 Å². The molecule has 1 heterocycles. The van der Waals surface area contributed by atoms with Crippen molar-refractivity contribution in [3.63, 3.8) is 0 Å². The Balaban J connectivity index is 2.43. The van der Waals surface area contributed by atoms with Gasteiger partial charge in [-0.1, -0.05) is 12.1 Å². The number of aromatic nitrogens is 3. The van der Waals surface area contributed by atoms with Crippen LogP contribution in [-0.4, -0.2) is 15.0 Å². The van der Waals surface area contributed by atoms with Crippen LogP contribution < -0.4 is 0 Å². The Morgan fingerprint density at radius 2 is 2.11 bits per heavy atom. The molecular formula is C11H9BrClF2N3. The van der Waals surface area contributed by atoms with Gasteiger partial charge in [0, 0.05) is 6.07 Å². The summed E-state index contributed by atoms with van der Waals surface area (Å²) in [4.78, 5) is 0. The topological polar surface area (TPSA) is 30.7 Å². The highest BCUT2D eigenvalue weighted by atomic mass is 79.9. The van der Waals surface area contributed by atoms with Gasteiger partial charge in [0.1, 0.15) is 17.2 Å². The van der Waals surface area contributed by atoms with Gasteiger partial charge in [-0.25, -0.2) is 13.5 Å². The Kier molecular flexibility index (Phi) is 3.97. The number of alkyl halides is 1. The zero-order valence-corrected chi connectivity index (χ0v) is 11.7. The maximum Gasteiger partial charge on any atom is 0.151 e. The zero-order valence-electron chi connectivity index (χ0n) is 9.37. The second-order valence-corrected chi connectivity index (χ2v) is 5.06. The van der Waals surface area contributed by atoms with E-state index in [1.165, 1.54) is 16.9 Å². The minimum absolute atomic E-state index is 0.113. The fraction of sp³-hybridized carbons (Fsp3) is 0.273. The molecule has 0 saturated heterocycles. The van der Waals surface area contributed by atoms with E-state index in [9.17, 15) is 8.78 Å². The average Bonchev–Trinajstić information content (AvgIpc) is 2.82. The van der Waals surface area contributed by atoms with Crippen LogP contribution in [0, 0.1) is 11.6 Å². The van der Waals surface area contributed by atoms with Crippen molar-refractivity contribution in [1.29, 1.82) is 0 Å². The highest BCUT2D eigenvalue weighted by molar-refractivity contribution is 9.10. The monoisotopic (exact) mass is 335 g/mol. The lowest BCUT2D eigenvalue weighted by atomic mass is 10.2. The normalized spacial score (nSPS) is 12.7. The molecule has 0 bridgehead atoms. The van der Waals surface area contributed by atoms with Crippen molar-refractivity contribution in [3.8, 4) is 5.69 Å². The van der Waals surface area contributed by atoms with Crippen molar-refractivity contribution in [1.82, 2.24) is 15.0 Å². The number of hydrogen-bond donors (Lipinski definition) is 0.